The number of amides is 2. The molecule has 1 atom stereocenters. The minimum absolute atomic E-state index is 0.0299. The maximum absolute atomic E-state index is 12.8. The van der Waals surface area contributed by atoms with Gasteiger partial charge >= 0.3 is 0 Å². The van der Waals surface area contributed by atoms with Crippen molar-refractivity contribution in [3.8, 4) is 5.75 Å². The second-order valence-electron chi connectivity index (χ2n) is 5.47. The SMILES string of the molecule is CCOc1ccccc1N[C@@H]1CC(=O)N(c2cccc(Cl)c2Cl)C1=O. The quantitative estimate of drug-likeness (QED) is 0.794. The van der Waals surface area contributed by atoms with Crippen molar-refractivity contribution in [2.75, 3.05) is 16.8 Å². The van der Waals surface area contributed by atoms with Crippen LogP contribution in [0.4, 0.5) is 11.4 Å². The van der Waals surface area contributed by atoms with Crippen LogP contribution in [0.3, 0.4) is 0 Å². The van der Waals surface area contributed by atoms with E-state index in [1.807, 2.05) is 19.1 Å². The van der Waals surface area contributed by atoms with Crippen LogP contribution in [0.1, 0.15) is 13.3 Å². The molecule has 0 unspecified atom stereocenters. The zero-order chi connectivity index (χ0) is 18.0. The highest BCUT2D eigenvalue weighted by Crippen LogP contribution is 2.36. The van der Waals surface area contributed by atoms with Crippen molar-refractivity contribution in [1.82, 2.24) is 0 Å². The number of anilines is 2. The largest absolute Gasteiger partial charge is 0.492 e. The van der Waals surface area contributed by atoms with E-state index in [0.717, 1.165) is 4.90 Å². The van der Waals surface area contributed by atoms with E-state index >= 15 is 0 Å². The lowest BCUT2D eigenvalue weighted by atomic mass is 10.2. The molecule has 1 fully saturated rings. The average Bonchev–Trinajstić information content (AvgIpc) is 2.86. The Kier molecular flexibility index (Phi) is 5.16. The predicted molar refractivity (Wildman–Crippen MR) is 98.6 cm³/mol. The highest BCUT2D eigenvalue weighted by atomic mass is 35.5. The molecule has 1 N–H and O–H groups in total. The second-order valence-corrected chi connectivity index (χ2v) is 6.26. The minimum Gasteiger partial charge on any atom is -0.492 e. The zero-order valence-corrected chi connectivity index (χ0v) is 15.0. The van der Waals surface area contributed by atoms with Crippen LogP contribution in [0.5, 0.6) is 5.75 Å². The summed E-state index contributed by atoms with van der Waals surface area (Å²) >= 11 is 12.2. The first-order valence-electron chi connectivity index (χ1n) is 7.82. The summed E-state index contributed by atoms with van der Waals surface area (Å²) in [6.45, 7) is 2.38. The van der Waals surface area contributed by atoms with Crippen LogP contribution < -0.4 is 15.0 Å². The summed E-state index contributed by atoms with van der Waals surface area (Å²) in [7, 11) is 0. The smallest absolute Gasteiger partial charge is 0.256 e. The molecule has 0 saturated carbocycles. The molecule has 1 aliphatic heterocycles. The molecule has 0 bridgehead atoms. The number of nitrogens with one attached hydrogen (secondary N) is 1. The lowest BCUT2D eigenvalue weighted by molar-refractivity contribution is -0.121. The summed E-state index contributed by atoms with van der Waals surface area (Å²) < 4.78 is 5.54. The second kappa shape index (κ2) is 7.33. The Hall–Kier alpha value is -2.24. The molecular formula is C18H16Cl2N2O3. The first-order chi connectivity index (χ1) is 12.0. The third-order valence-corrected chi connectivity index (χ3v) is 4.64. The molecular weight excluding hydrogens is 363 g/mol. The Morgan fingerprint density at radius 3 is 2.68 bits per heavy atom. The molecule has 0 aliphatic carbocycles. The fourth-order valence-electron chi connectivity index (χ4n) is 2.72. The van der Waals surface area contributed by atoms with Crippen molar-refractivity contribution in [3.63, 3.8) is 0 Å². The molecule has 0 spiro atoms. The van der Waals surface area contributed by atoms with Crippen molar-refractivity contribution >= 4 is 46.4 Å². The van der Waals surface area contributed by atoms with E-state index in [-0.39, 0.29) is 28.3 Å². The van der Waals surface area contributed by atoms with Crippen LogP contribution in [0.2, 0.25) is 10.0 Å². The molecule has 5 nitrogen and oxygen atoms in total. The Morgan fingerprint density at radius 1 is 1.16 bits per heavy atom. The molecule has 1 saturated heterocycles. The number of hydrogen-bond acceptors (Lipinski definition) is 4. The van der Waals surface area contributed by atoms with E-state index in [1.165, 1.54) is 0 Å². The number of ether oxygens (including phenoxy) is 1. The number of carbonyl (C=O) groups is 2. The maximum Gasteiger partial charge on any atom is 0.256 e. The van der Waals surface area contributed by atoms with Gasteiger partial charge in [-0.05, 0) is 31.2 Å². The van der Waals surface area contributed by atoms with E-state index < -0.39 is 6.04 Å². The van der Waals surface area contributed by atoms with Gasteiger partial charge in [0.05, 0.1) is 34.4 Å². The Morgan fingerprint density at radius 2 is 1.92 bits per heavy atom. The molecule has 0 radical (unpaired) electrons. The van der Waals surface area contributed by atoms with Crippen LogP contribution in [0.15, 0.2) is 42.5 Å². The number of halogens is 2. The Balaban J connectivity index is 1.86. The fourth-order valence-corrected chi connectivity index (χ4v) is 3.10. The number of para-hydroxylation sites is 2. The van der Waals surface area contributed by atoms with Gasteiger partial charge in [-0.25, -0.2) is 4.90 Å². The first kappa shape index (κ1) is 17.6. The third kappa shape index (κ3) is 3.43. The van der Waals surface area contributed by atoms with E-state index in [0.29, 0.717) is 23.7 Å². The van der Waals surface area contributed by atoms with Gasteiger partial charge in [0, 0.05) is 0 Å². The molecule has 3 rings (SSSR count). The van der Waals surface area contributed by atoms with Gasteiger partial charge < -0.3 is 10.1 Å². The number of carbonyl (C=O) groups excluding carboxylic acids is 2. The Labute approximate surface area is 155 Å². The summed E-state index contributed by atoms with van der Waals surface area (Å²) in [5, 5.41) is 3.57. The lowest BCUT2D eigenvalue weighted by Gasteiger charge is -2.18. The summed E-state index contributed by atoms with van der Waals surface area (Å²) in [5.74, 6) is -0.0782. The summed E-state index contributed by atoms with van der Waals surface area (Å²) in [6.07, 6.45) is 0.0299. The van der Waals surface area contributed by atoms with Gasteiger partial charge in [-0.3, -0.25) is 9.59 Å². The van der Waals surface area contributed by atoms with E-state index in [9.17, 15) is 9.59 Å². The van der Waals surface area contributed by atoms with Crippen molar-refractivity contribution in [1.29, 1.82) is 0 Å². The van der Waals surface area contributed by atoms with Gasteiger partial charge in [0.2, 0.25) is 5.91 Å². The van der Waals surface area contributed by atoms with Gasteiger partial charge in [0.15, 0.2) is 0 Å². The minimum atomic E-state index is -0.691. The average molecular weight is 379 g/mol. The maximum atomic E-state index is 12.8. The van der Waals surface area contributed by atoms with Crippen LogP contribution in [-0.2, 0) is 9.59 Å². The van der Waals surface area contributed by atoms with Crippen LogP contribution in [-0.4, -0.2) is 24.5 Å². The van der Waals surface area contributed by atoms with Crippen LogP contribution in [0.25, 0.3) is 0 Å². The van der Waals surface area contributed by atoms with Gasteiger partial charge in [0.1, 0.15) is 11.8 Å². The molecule has 7 heteroatoms. The zero-order valence-electron chi connectivity index (χ0n) is 13.5. The summed E-state index contributed by atoms with van der Waals surface area (Å²) in [4.78, 5) is 26.2. The summed E-state index contributed by atoms with van der Waals surface area (Å²) in [6, 6.07) is 11.4. The molecule has 2 aromatic rings. The molecule has 1 heterocycles. The number of nitrogens with zero attached hydrogens (tertiary/aromatic N) is 1. The highest BCUT2D eigenvalue weighted by Gasteiger charge is 2.40. The summed E-state index contributed by atoms with van der Waals surface area (Å²) in [5.41, 5.74) is 0.959. The first-order valence-corrected chi connectivity index (χ1v) is 8.57. The molecule has 25 heavy (non-hydrogen) atoms. The van der Waals surface area contributed by atoms with Gasteiger partial charge in [-0.15, -0.1) is 0 Å². The van der Waals surface area contributed by atoms with Gasteiger partial charge in [-0.2, -0.15) is 0 Å². The standard InChI is InChI=1S/C18H16Cl2N2O3/c1-2-25-15-9-4-3-7-12(15)21-13-10-16(23)22(18(13)24)14-8-5-6-11(19)17(14)20/h3-9,13,21H,2,10H2,1H3/t13-/m1/s1. The van der Waals surface area contributed by atoms with E-state index in [4.69, 9.17) is 27.9 Å². The van der Waals surface area contributed by atoms with Crippen molar-refractivity contribution in [3.05, 3.63) is 52.5 Å². The molecule has 2 aromatic carbocycles. The normalized spacial score (nSPS) is 17.1. The van der Waals surface area contributed by atoms with Gasteiger partial charge in [0.25, 0.3) is 5.91 Å². The number of hydrogen-bond donors (Lipinski definition) is 1. The number of benzene rings is 2. The van der Waals surface area contributed by atoms with Crippen molar-refractivity contribution in [2.45, 2.75) is 19.4 Å². The molecule has 0 aromatic heterocycles. The van der Waals surface area contributed by atoms with Gasteiger partial charge in [-0.1, -0.05) is 41.4 Å². The lowest BCUT2D eigenvalue weighted by Crippen LogP contribution is -2.35. The monoisotopic (exact) mass is 378 g/mol. The third-order valence-electron chi connectivity index (χ3n) is 3.84. The van der Waals surface area contributed by atoms with Crippen LogP contribution in [0, 0.1) is 0 Å². The Bertz CT molecular complexity index is 826. The number of rotatable bonds is 5. The highest BCUT2D eigenvalue weighted by molar-refractivity contribution is 6.45. The van der Waals surface area contributed by atoms with Crippen molar-refractivity contribution in [2.24, 2.45) is 0 Å². The topological polar surface area (TPSA) is 58.6 Å². The molecule has 1 aliphatic rings. The molecule has 130 valence electrons. The van der Waals surface area contributed by atoms with Crippen LogP contribution >= 0.6 is 23.2 Å². The molecule has 2 amide bonds. The fraction of sp³-hybridized carbons (Fsp3) is 0.222. The predicted octanol–water partition coefficient (Wildman–Crippen LogP) is 4.14. The van der Waals surface area contributed by atoms with E-state index in [2.05, 4.69) is 5.32 Å². The number of imide groups is 1. The van der Waals surface area contributed by atoms with Crippen molar-refractivity contribution < 1.29 is 14.3 Å². The van der Waals surface area contributed by atoms with E-state index in [1.54, 1.807) is 30.3 Å².